The largest absolute Gasteiger partial charge is 0.356 e. The minimum Gasteiger partial charge on any atom is -0.356 e. The van der Waals surface area contributed by atoms with E-state index >= 15 is 0 Å². The van der Waals surface area contributed by atoms with Gasteiger partial charge in [-0.05, 0) is 24.3 Å². The third-order valence-corrected chi connectivity index (χ3v) is 6.90. The summed E-state index contributed by atoms with van der Waals surface area (Å²) in [6, 6.07) is 4.30. The molecule has 3 rings (SSSR count). The van der Waals surface area contributed by atoms with E-state index in [1.807, 2.05) is 18.4 Å². The molecule has 0 aliphatic carbocycles. The second-order valence-electron chi connectivity index (χ2n) is 7.90. The Hall–Kier alpha value is -1.60. The van der Waals surface area contributed by atoms with E-state index in [0.717, 1.165) is 64.6 Å². The van der Waals surface area contributed by atoms with Crippen LogP contribution in [0.25, 0.3) is 0 Å². The SMILES string of the molecule is CN=C(NCC(C)c1cccs1)N1CCN(CC(=O)N2CCCCCC2)CC1. The predicted octanol–water partition coefficient (Wildman–Crippen LogP) is 2.45. The number of nitrogens with zero attached hydrogens (tertiary/aromatic N) is 4. The summed E-state index contributed by atoms with van der Waals surface area (Å²) in [5.74, 6) is 1.76. The zero-order valence-electron chi connectivity index (χ0n) is 17.4. The molecule has 0 aromatic carbocycles. The number of amides is 1. The number of hydrogen-bond acceptors (Lipinski definition) is 4. The second kappa shape index (κ2) is 10.8. The van der Waals surface area contributed by atoms with Crippen molar-refractivity contribution in [3.63, 3.8) is 0 Å². The quantitative estimate of drug-likeness (QED) is 0.604. The van der Waals surface area contributed by atoms with Crippen molar-refractivity contribution >= 4 is 23.2 Å². The van der Waals surface area contributed by atoms with Crippen LogP contribution in [0.3, 0.4) is 0 Å². The molecule has 1 aromatic rings. The molecular weight excluding hydrogens is 370 g/mol. The number of thiophene rings is 1. The topological polar surface area (TPSA) is 51.2 Å². The lowest BCUT2D eigenvalue weighted by Crippen LogP contribution is -2.54. The van der Waals surface area contributed by atoms with Crippen LogP contribution in [0.5, 0.6) is 0 Å². The smallest absolute Gasteiger partial charge is 0.236 e. The van der Waals surface area contributed by atoms with Gasteiger partial charge in [-0.3, -0.25) is 14.7 Å². The Labute approximate surface area is 173 Å². The summed E-state index contributed by atoms with van der Waals surface area (Å²) in [7, 11) is 1.85. The van der Waals surface area contributed by atoms with Crippen LogP contribution in [0.1, 0.15) is 43.4 Å². The summed E-state index contributed by atoms with van der Waals surface area (Å²) in [6.07, 6.45) is 4.84. The summed E-state index contributed by atoms with van der Waals surface area (Å²) < 4.78 is 0. The maximum absolute atomic E-state index is 12.6. The molecule has 0 radical (unpaired) electrons. The zero-order valence-corrected chi connectivity index (χ0v) is 18.2. The Kier molecular flexibility index (Phi) is 8.15. The number of nitrogens with one attached hydrogen (secondary N) is 1. The first-order valence-electron chi connectivity index (χ1n) is 10.7. The van der Waals surface area contributed by atoms with Crippen molar-refractivity contribution in [2.75, 3.05) is 59.4 Å². The molecule has 0 spiro atoms. The Balaban J connectivity index is 1.41. The van der Waals surface area contributed by atoms with Crippen molar-refractivity contribution in [3.8, 4) is 0 Å². The van der Waals surface area contributed by atoms with E-state index in [2.05, 4.69) is 49.4 Å². The third kappa shape index (κ3) is 5.95. The van der Waals surface area contributed by atoms with Crippen LogP contribution in [0.4, 0.5) is 0 Å². The van der Waals surface area contributed by atoms with Gasteiger partial charge in [-0.25, -0.2) is 0 Å². The molecule has 7 heteroatoms. The number of rotatable bonds is 5. The van der Waals surface area contributed by atoms with Gasteiger partial charge >= 0.3 is 0 Å². The van der Waals surface area contributed by atoms with Crippen molar-refractivity contribution < 1.29 is 4.79 Å². The Morgan fingerprint density at radius 1 is 1.11 bits per heavy atom. The van der Waals surface area contributed by atoms with E-state index < -0.39 is 0 Å². The van der Waals surface area contributed by atoms with Crippen LogP contribution in [0.15, 0.2) is 22.5 Å². The van der Waals surface area contributed by atoms with Crippen molar-refractivity contribution in [2.24, 2.45) is 4.99 Å². The number of hydrogen-bond donors (Lipinski definition) is 1. The van der Waals surface area contributed by atoms with Gasteiger partial charge in [0.25, 0.3) is 0 Å². The Bertz CT molecular complexity index is 617. The molecule has 6 nitrogen and oxygen atoms in total. The molecule has 0 bridgehead atoms. The molecule has 1 aromatic heterocycles. The molecule has 1 N–H and O–H groups in total. The molecule has 1 unspecified atom stereocenters. The number of carbonyl (C=O) groups is 1. The van der Waals surface area contributed by atoms with Crippen molar-refractivity contribution in [1.82, 2.24) is 20.0 Å². The van der Waals surface area contributed by atoms with Crippen LogP contribution in [0, 0.1) is 0 Å². The monoisotopic (exact) mass is 405 g/mol. The fourth-order valence-electron chi connectivity index (χ4n) is 3.98. The fourth-order valence-corrected chi connectivity index (χ4v) is 4.77. The molecule has 3 heterocycles. The summed E-state index contributed by atoms with van der Waals surface area (Å²) in [5.41, 5.74) is 0. The highest BCUT2D eigenvalue weighted by molar-refractivity contribution is 7.10. The molecule has 1 amide bonds. The lowest BCUT2D eigenvalue weighted by molar-refractivity contribution is -0.132. The lowest BCUT2D eigenvalue weighted by atomic mass is 10.1. The van der Waals surface area contributed by atoms with Crippen molar-refractivity contribution in [2.45, 2.75) is 38.5 Å². The normalized spacial score (nSPS) is 20.7. The van der Waals surface area contributed by atoms with Gasteiger partial charge in [0.2, 0.25) is 5.91 Å². The van der Waals surface area contributed by atoms with Crippen LogP contribution >= 0.6 is 11.3 Å². The second-order valence-corrected chi connectivity index (χ2v) is 8.88. The van der Waals surface area contributed by atoms with E-state index in [1.54, 1.807) is 0 Å². The average Bonchev–Trinajstić information content (AvgIpc) is 3.12. The molecular formula is C21H35N5OS. The molecule has 2 aliphatic rings. The van der Waals surface area contributed by atoms with E-state index in [9.17, 15) is 4.79 Å². The number of piperazine rings is 1. The van der Waals surface area contributed by atoms with Gasteiger partial charge in [0.1, 0.15) is 0 Å². The maximum Gasteiger partial charge on any atom is 0.236 e. The van der Waals surface area contributed by atoms with E-state index in [1.165, 1.54) is 17.7 Å². The first-order chi connectivity index (χ1) is 13.7. The van der Waals surface area contributed by atoms with E-state index in [4.69, 9.17) is 0 Å². The minimum absolute atomic E-state index is 0.308. The summed E-state index contributed by atoms with van der Waals surface area (Å²) in [5, 5.41) is 5.66. The predicted molar refractivity (Wildman–Crippen MR) is 117 cm³/mol. The van der Waals surface area contributed by atoms with E-state index in [0.29, 0.717) is 18.4 Å². The molecule has 1 atom stereocenters. The van der Waals surface area contributed by atoms with Gasteiger partial charge in [0, 0.05) is 63.7 Å². The van der Waals surface area contributed by atoms with Crippen molar-refractivity contribution in [3.05, 3.63) is 22.4 Å². The highest BCUT2D eigenvalue weighted by atomic mass is 32.1. The molecule has 2 fully saturated rings. The highest BCUT2D eigenvalue weighted by Gasteiger charge is 2.24. The van der Waals surface area contributed by atoms with Gasteiger partial charge in [0.05, 0.1) is 6.54 Å². The maximum atomic E-state index is 12.6. The Morgan fingerprint density at radius 3 is 2.43 bits per heavy atom. The van der Waals surface area contributed by atoms with Crippen LogP contribution in [0.2, 0.25) is 0 Å². The van der Waals surface area contributed by atoms with Gasteiger partial charge in [-0.2, -0.15) is 0 Å². The van der Waals surface area contributed by atoms with Gasteiger partial charge < -0.3 is 15.1 Å². The number of guanidine groups is 1. The number of aliphatic imine (C=N–C) groups is 1. The molecule has 0 saturated carbocycles. The Morgan fingerprint density at radius 2 is 1.82 bits per heavy atom. The van der Waals surface area contributed by atoms with Gasteiger partial charge in [-0.15, -0.1) is 11.3 Å². The lowest BCUT2D eigenvalue weighted by Gasteiger charge is -2.37. The van der Waals surface area contributed by atoms with Crippen LogP contribution in [-0.2, 0) is 4.79 Å². The summed E-state index contributed by atoms with van der Waals surface area (Å²) >= 11 is 1.81. The summed E-state index contributed by atoms with van der Waals surface area (Å²) in [4.78, 5) is 25.2. The fraction of sp³-hybridized carbons (Fsp3) is 0.714. The molecule has 2 aliphatic heterocycles. The van der Waals surface area contributed by atoms with Crippen molar-refractivity contribution in [1.29, 1.82) is 0 Å². The van der Waals surface area contributed by atoms with Gasteiger partial charge in [0.15, 0.2) is 5.96 Å². The average molecular weight is 406 g/mol. The van der Waals surface area contributed by atoms with E-state index in [-0.39, 0.29) is 0 Å². The molecule has 28 heavy (non-hydrogen) atoms. The third-order valence-electron chi connectivity index (χ3n) is 5.80. The van der Waals surface area contributed by atoms with Crippen LogP contribution < -0.4 is 5.32 Å². The molecule has 2 saturated heterocycles. The first kappa shape index (κ1) is 21.1. The van der Waals surface area contributed by atoms with Crippen LogP contribution in [-0.4, -0.2) is 86.0 Å². The summed E-state index contributed by atoms with van der Waals surface area (Å²) in [6.45, 7) is 9.26. The van der Waals surface area contributed by atoms with Gasteiger partial charge in [-0.1, -0.05) is 25.8 Å². The zero-order chi connectivity index (χ0) is 19.8. The standard InChI is InChI=1S/C21H35N5OS/c1-18(19-8-7-15-28-19)16-23-21(22-2)26-13-11-24(12-14-26)17-20(27)25-9-5-3-4-6-10-25/h7-8,15,18H,3-6,9-14,16-17H2,1-2H3,(H,22,23). The molecule has 156 valence electrons. The minimum atomic E-state index is 0.308. The highest BCUT2D eigenvalue weighted by Crippen LogP contribution is 2.19. The number of carbonyl (C=O) groups excluding carboxylic acids is 1. The number of likely N-dealkylation sites (tertiary alicyclic amines) is 1. The first-order valence-corrected chi connectivity index (χ1v) is 11.5.